The van der Waals surface area contributed by atoms with Crippen LogP contribution in [0.5, 0.6) is 5.75 Å². The quantitative estimate of drug-likeness (QED) is 0.817. The molecule has 0 unspecified atom stereocenters. The maximum Gasteiger partial charge on any atom is 0.119 e. The van der Waals surface area contributed by atoms with Crippen LogP contribution in [-0.4, -0.2) is 13.2 Å². The lowest BCUT2D eigenvalue weighted by molar-refractivity contribution is 0.415. The summed E-state index contributed by atoms with van der Waals surface area (Å²) in [6.07, 6.45) is 3.95. The Morgan fingerprint density at radius 1 is 1.20 bits per heavy atom. The van der Waals surface area contributed by atoms with Crippen LogP contribution in [-0.2, 0) is 0 Å². The van der Waals surface area contributed by atoms with Crippen LogP contribution >= 0.6 is 0 Å². The topological polar surface area (TPSA) is 21.3 Å². The fraction of sp³-hybridized carbons (Fsp3) is 0.538. The van der Waals surface area contributed by atoms with Gasteiger partial charge in [-0.05, 0) is 49.4 Å². The van der Waals surface area contributed by atoms with Crippen molar-refractivity contribution in [1.29, 1.82) is 0 Å². The number of hydrogen-bond acceptors (Lipinski definition) is 2. The second kappa shape index (κ2) is 4.56. The van der Waals surface area contributed by atoms with E-state index in [4.69, 9.17) is 4.74 Å². The van der Waals surface area contributed by atoms with E-state index in [9.17, 15) is 0 Å². The molecule has 82 valence electrons. The third-order valence-corrected chi connectivity index (χ3v) is 3.16. The van der Waals surface area contributed by atoms with Crippen molar-refractivity contribution in [1.82, 2.24) is 0 Å². The Balaban J connectivity index is 1.93. The molecule has 1 aliphatic carbocycles. The summed E-state index contributed by atoms with van der Waals surface area (Å²) in [7, 11) is 1.70. The zero-order chi connectivity index (χ0) is 10.7. The minimum Gasteiger partial charge on any atom is -0.497 e. The Morgan fingerprint density at radius 3 is 2.47 bits per heavy atom. The maximum atomic E-state index is 5.13. The van der Waals surface area contributed by atoms with Gasteiger partial charge >= 0.3 is 0 Å². The number of rotatable bonds is 3. The summed E-state index contributed by atoms with van der Waals surface area (Å²) >= 11 is 0. The van der Waals surface area contributed by atoms with E-state index >= 15 is 0 Å². The van der Waals surface area contributed by atoms with E-state index in [0.717, 1.165) is 11.7 Å². The normalized spacial score (nSPS) is 25.2. The summed E-state index contributed by atoms with van der Waals surface area (Å²) in [5, 5.41) is 3.57. The van der Waals surface area contributed by atoms with Gasteiger partial charge in [-0.15, -0.1) is 0 Å². The lowest BCUT2D eigenvalue weighted by Crippen LogP contribution is -2.14. The van der Waals surface area contributed by atoms with Crippen molar-refractivity contribution in [3.8, 4) is 5.75 Å². The van der Waals surface area contributed by atoms with Crippen molar-refractivity contribution in [2.45, 2.75) is 32.2 Å². The van der Waals surface area contributed by atoms with Gasteiger partial charge in [0, 0.05) is 11.7 Å². The van der Waals surface area contributed by atoms with Crippen molar-refractivity contribution < 1.29 is 4.74 Å². The van der Waals surface area contributed by atoms with Crippen LogP contribution in [0.4, 0.5) is 5.69 Å². The molecule has 0 spiro atoms. The van der Waals surface area contributed by atoms with Gasteiger partial charge in [0.1, 0.15) is 5.75 Å². The van der Waals surface area contributed by atoms with Crippen molar-refractivity contribution in [3.63, 3.8) is 0 Å². The molecule has 0 heterocycles. The molecule has 15 heavy (non-hydrogen) atoms. The van der Waals surface area contributed by atoms with E-state index in [1.807, 2.05) is 12.1 Å². The van der Waals surface area contributed by atoms with Crippen LogP contribution in [0, 0.1) is 5.92 Å². The average molecular weight is 205 g/mol. The van der Waals surface area contributed by atoms with Crippen LogP contribution in [0.2, 0.25) is 0 Å². The maximum absolute atomic E-state index is 5.13. The molecule has 2 heteroatoms. The van der Waals surface area contributed by atoms with Crippen molar-refractivity contribution in [2.75, 3.05) is 12.4 Å². The Labute approximate surface area is 91.6 Å². The van der Waals surface area contributed by atoms with Gasteiger partial charge in [0.25, 0.3) is 0 Å². The van der Waals surface area contributed by atoms with Crippen LogP contribution in [0.15, 0.2) is 24.3 Å². The SMILES string of the molecule is COc1ccc(N[C@H]2CC[C@@H](C)C2)cc1. The van der Waals surface area contributed by atoms with Crippen LogP contribution in [0.1, 0.15) is 26.2 Å². The highest BCUT2D eigenvalue weighted by Gasteiger charge is 2.20. The first-order valence-corrected chi connectivity index (χ1v) is 5.68. The van der Waals surface area contributed by atoms with Gasteiger partial charge in [0.2, 0.25) is 0 Å². The highest BCUT2D eigenvalue weighted by Crippen LogP contribution is 2.27. The van der Waals surface area contributed by atoms with E-state index in [-0.39, 0.29) is 0 Å². The number of ether oxygens (including phenoxy) is 1. The van der Waals surface area contributed by atoms with Gasteiger partial charge in [-0.25, -0.2) is 0 Å². The summed E-state index contributed by atoms with van der Waals surface area (Å²) in [5.41, 5.74) is 1.20. The zero-order valence-electron chi connectivity index (χ0n) is 9.49. The monoisotopic (exact) mass is 205 g/mol. The minimum atomic E-state index is 0.661. The number of methoxy groups -OCH3 is 1. The summed E-state index contributed by atoms with van der Waals surface area (Å²) in [6.45, 7) is 2.33. The van der Waals surface area contributed by atoms with Crippen LogP contribution < -0.4 is 10.1 Å². The molecule has 0 bridgehead atoms. The van der Waals surface area contributed by atoms with Gasteiger partial charge in [0.05, 0.1) is 7.11 Å². The van der Waals surface area contributed by atoms with Gasteiger partial charge < -0.3 is 10.1 Å². The molecule has 0 radical (unpaired) electrons. The van der Waals surface area contributed by atoms with Crippen LogP contribution in [0.25, 0.3) is 0 Å². The molecule has 0 aliphatic heterocycles. The first-order chi connectivity index (χ1) is 7.28. The molecule has 0 amide bonds. The lowest BCUT2D eigenvalue weighted by Gasteiger charge is -2.14. The van der Waals surface area contributed by atoms with Gasteiger partial charge in [0.15, 0.2) is 0 Å². The van der Waals surface area contributed by atoms with Crippen LogP contribution in [0.3, 0.4) is 0 Å². The Kier molecular flexibility index (Phi) is 3.14. The fourth-order valence-corrected chi connectivity index (χ4v) is 2.26. The first-order valence-electron chi connectivity index (χ1n) is 5.68. The predicted octanol–water partition coefficient (Wildman–Crippen LogP) is 3.30. The largest absolute Gasteiger partial charge is 0.497 e. The average Bonchev–Trinajstić information content (AvgIpc) is 2.65. The molecular formula is C13H19NO. The van der Waals surface area contributed by atoms with Gasteiger partial charge in [-0.2, -0.15) is 0 Å². The fourth-order valence-electron chi connectivity index (χ4n) is 2.26. The first kappa shape index (κ1) is 10.3. The van der Waals surface area contributed by atoms with Gasteiger partial charge in [-0.1, -0.05) is 6.92 Å². The van der Waals surface area contributed by atoms with E-state index in [2.05, 4.69) is 24.4 Å². The number of hydrogen-bond donors (Lipinski definition) is 1. The van der Waals surface area contributed by atoms with E-state index in [1.165, 1.54) is 24.9 Å². The predicted molar refractivity (Wildman–Crippen MR) is 63.4 cm³/mol. The number of anilines is 1. The van der Waals surface area contributed by atoms with E-state index < -0.39 is 0 Å². The third-order valence-electron chi connectivity index (χ3n) is 3.16. The minimum absolute atomic E-state index is 0.661. The molecule has 2 rings (SSSR count). The summed E-state index contributed by atoms with van der Waals surface area (Å²) in [6, 6.07) is 8.83. The molecule has 0 aromatic heterocycles. The molecular weight excluding hydrogens is 186 g/mol. The van der Waals surface area contributed by atoms with Gasteiger partial charge in [-0.3, -0.25) is 0 Å². The van der Waals surface area contributed by atoms with Crippen molar-refractivity contribution >= 4 is 5.69 Å². The number of nitrogens with one attached hydrogen (secondary N) is 1. The second-order valence-electron chi connectivity index (χ2n) is 4.49. The van der Waals surface area contributed by atoms with E-state index in [0.29, 0.717) is 6.04 Å². The standard InChI is InChI=1S/C13H19NO/c1-10-3-4-12(9-10)14-11-5-7-13(15-2)8-6-11/h5-8,10,12,14H,3-4,9H2,1-2H3/t10-,12+/m1/s1. The molecule has 0 saturated heterocycles. The lowest BCUT2D eigenvalue weighted by atomic mass is 10.1. The molecule has 1 aromatic carbocycles. The summed E-state index contributed by atoms with van der Waals surface area (Å²) in [5.74, 6) is 1.79. The summed E-state index contributed by atoms with van der Waals surface area (Å²) in [4.78, 5) is 0. The van der Waals surface area contributed by atoms with E-state index in [1.54, 1.807) is 7.11 Å². The molecule has 1 aromatic rings. The Hall–Kier alpha value is -1.18. The second-order valence-corrected chi connectivity index (χ2v) is 4.49. The molecule has 2 atom stereocenters. The zero-order valence-corrected chi connectivity index (χ0v) is 9.49. The third kappa shape index (κ3) is 2.65. The Morgan fingerprint density at radius 2 is 1.93 bits per heavy atom. The highest BCUT2D eigenvalue weighted by atomic mass is 16.5. The molecule has 1 saturated carbocycles. The molecule has 1 N–H and O–H groups in total. The smallest absolute Gasteiger partial charge is 0.119 e. The number of benzene rings is 1. The summed E-state index contributed by atoms with van der Waals surface area (Å²) < 4.78 is 5.13. The Bertz CT molecular complexity index is 307. The molecule has 1 fully saturated rings. The highest BCUT2D eigenvalue weighted by molar-refractivity contribution is 5.47. The van der Waals surface area contributed by atoms with Crippen molar-refractivity contribution in [3.05, 3.63) is 24.3 Å². The molecule has 1 aliphatic rings. The molecule has 2 nitrogen and oxygen atoms in total. The van der Waals surface area contributed by atoms with Crippen molar-refractivity contribution in [2.24, 2.45) is 5.92 Å².